The zero-order valence-corrected chi connectivity index (χ0v) is 20.2. The van der Waals surface area contributed by atoms with E-state index in [2.05, 4.69) is 14.9 Å². The molecule has 5 rings (SSSR count). The SMILES string of the molecule is O=S(=O)(c1ccc(Cl)c(Cl)c1)N1CCN(c2ncnc3scc(-c4ccc(F)cc4)c23)CC1. The van der Waals surface area contributed by atoms with Crippen molar-refractivity contribution < 1.29 is 12.8 Å². The van der Waals surface area contributed by atoms with Crippen LogP contribution in [0, 0.1) is 5.82 Å². The second kappa shape index (κ2) is 8.81. The molecule has 0 aliphatic carbocycles. The number of halogens is 3. The smallest absolute Gasteiger partial charge is 0.243 e. The van der Waals surface area contributed by atoms with E-state index < -0.39 is 10.0 Å². The standard InChI is InChI=1S/C22H17Cl2FN4O2S2/c23-18-6-5-16(11-19(18)24)33(30,31)29-9-7-28(8-10-29)21-20-17(12-32-22(20)27-13-26-21)14-1-3-15(25)4-2-14/h1-6,11-13H,7-10H2. The van der Waals surface area contributed by atoms with Crippen molar-refractivity contribution in [3.8, 4) is 11.1 Å². The second-order valence-electron chi connectivity index (χ2n) is 7.50. The molecular formula is C22H17Cl2FN4O2S2. The average Bonchev–Trinajstić information content (AvgIpc) is 3.26. The van der Waals surface area contributed by atoms with Gasteiger partial charge in [-0.25, -0.2) is 22.8 Å². The van der Waals surface area contributed by atoms with E-state index in [9.17, 15) is 12.8 Å². The van der Waals surface area contributed by atoms with Crippen LogP contribution in [0.15, 0.2) is 59.1 Å². The largest absolute Gasteiger partial charge is 0.353 e. The van der Waals surface area contributed by atoms with Crippen molar-refractivity contribution in [2.45, 2.75) is 4.90 Å². The molecule has 0 radical (unpaired) electrons. The van der Waals surface area contributed by atoms with Gasteiger partial charge in [0.2, 0.25) is 10.0 Å². The molecule has 0 bridgehead atoms. The van der Waals surface area contributed by atoms with Crippen molar-refractivity contribution in [3.63, 3.8) is 0 Å². The van der Waals surface area contributed by atoms with Gasteiger partial charge in [0.25, 0.3) is 0 Å². The predicted molar refractivity (Wildman–Crippen MR) is 130 cm³/mol. The lowest BCUT2D eigenvalue weighted by Crippen LogP contribution is -2.49. The zero-order chi connectivity index (χ0) is 23.2. The van der Waals surface area contributed by atoms with Crippen molar-refractivity contribution in [1.29, 1.82) is 0 Å². The van der Waals surface area contributed by atoms with Gasteiger partial charge >= 0.3 is 0 Å². The van der Waals surface area contributed by atoms with Crippen molar-refractivity contribution in [3.05, 3.63) is 70.0 Å². The maximum Gasteiger partial charge on any atom is 0.243 e. The first-order chi connectivity index (χ1) is 15.8. The first-order valence-corrected chi connectivity index (χ1v) is 13.1. The first kappa shape index (κ1) is 22.5. The number of nitrogens with zero attached hydrogens (tertiary/aromatic N) is 4. The molecule has 6 nitrogen and oxygen atoms in total. The summed E-state index contributed by atoms with van der Waals surface area (Å²) in [6.07, 6.45) is 1.52. The van der Waals surface area contributed by atoms with Crippen LogP contribution in [-0.4, -0.2) is 48.9 Å². The van der Waals surface area contributed by atoms with Crippen molar-refractivity contribution in [1.82, 2.24) is 14.3 Å². The Morgan fingerprint density at radius 1 is 0.939 bits per heavy atom. The quantitative estimate of drug-likeness (QED) is 0.363. The van der Waals surface area contributed by atoms with Gasteiger partial charge in [0.1, 0.15) is 22.8 Å². The van der Waals surface area contributed by atoms with Crippen LogP contribution in [0.1, 0.15) is 0 Å². The molecule has 1 aliphatic rings. The lowest BCUT2D eigenvalue weighted by Gasteiger charge is -2.35. The maximum atomic E-state index is 13.4. The van der Waals surface area contributed by atoms with Crippen LogP contribution in [0.3, 0.4) is 0 Å². The summed E-state index contributed by atoms with van der Waals surface area (Å²) in [5.41, 5.74) is 1.80. The van der Waals surface area contributed by atoms with Crippen molar-refractivity contribution >= 4 is 60.6 Å². The van der Waals surface area contributed by atoms with Gasteiger partial charge in [-0.3, -0.25) is 0 Å². The fourth-order valence-electron chi connectivity index (χ4n) is 3.87. The molecule has 11 heteroatoms. The van der Waals surface area contributed by atoms with Gasteiger partial charge in [-0.05, 0) is 35.9 Å². The van der Waals surface area contributed by atoms with Crippen LogP contribution >= 0.6 is 34.5 Å². The number of sulfonamides is 1. The lowest BCUT2D eigenvalue weighted by molar-refractivity contribution is 0.384. The monoisotopic (exact) mass is 522 g/mol. The maximum absolute atomic E-state index is 13.4. The van der Waals surface area contributed by atoms with Gasteiger partial charge in [-0.15, -0.1) is 11.3 Å². The van der Waals surface area contributed by atoms with Crippen molar-refractivity contribution in [2.24, 2.45) is 0 Å². The highest BCUT2D eigenvalue weighted by atomic mass is 35.5. The van der Waals surface area contributed by atoms with Gasteiger partial charge in [0, 0.05) is 37.1 Å². The highest BCUT2D eigenvalue weighted by molar-refractivity contribution is 7.89. The summed E-state index contributed by atoms with van der Waals surface area (Å²) in [6, 6.07) is 10.6. The number of thiophene rings is 1. The van der Waals surface area contributed by atoms with Gasteiger partial charge in [-0.2, -0.15) is 4.31 Å². The van der Waals surface area contributed by atoms with E-state index in [1.165, 1.54) is 52.3 Å². The number of benzene rings is 2. The topological polar surface area (TPSA) is 66.4 Å². The molecule has 0 unspecified atom stereocenters. The van der Waals surface area contributed by atoms with Gasteiger partial charge in [-0.1, -0.05) is 35.3 Å². The average molecular weight is 523 g/mol. The summed E-state index contributed by atoms with van der Waals surface area (Å²) in [4.78, 5) is 11.9. The lowest BCUT2D eigenvalue weighted by atomic mass is 10.1. The summed E-state index contributed by atoms with van der Waals surface area (Å²) in [6.45, 7) is 1.52. The minimum atomic E-state index is -3.70. The molecule has 0 saturated carbocycles. The number of rotatable bonds is 4. The fourth-order valence-corrected chi connectivity index (χ4v) is 6.59. The van der Waals surface area contributed by atoms with Gasteiger partial charge in [0.15, 0.2) is 0 Å². The van der Waals surface area contributed by atoms with E-state index in [1.54, 1.807) is 12.1 Å². The Morgan fingerprint density at radius 2 is 1.67 bits per heavy atom. The Kier molecular flexibility index (Phi) is 6.00. The Morgan fingerprint density at radius 3 is 2.36 bits per heavy atom. The molecule has 0 N–H and O–H groups in total. The van der Waals surface area contributed by atoms with Crippen LogP contribution in [0.5, 0.6) is 0 Å². The molecular weight excluding hydrogens is 506 g/mol. The van der Waals surface area contributed by atoms with E-state index in [4.69, 9.17) is 23.2 Å². The molecule has 1 aliphatic heterocycles. The predicted octanol–water partition coefficient (Wildman–Crippen LogP) is 5.32. The molecule has 3 heterocycles. The van der Waals surface area contributed by atoms with Crippen LogP contribution < -0.4 is 4.90 Å². The highest BCUT2D eigenvalue weighted by Crippen LogP contribution is 2.38. The van der Waals surface area contributed by atoms with E-state index in [0.29, 0.717) is 31.2 Å². The molecule has 0 spiro atoms. The molecule has 0 atom stereocenters. The second-order valence-corrected chi connectivity index (χ2v) is 11.1. The van der Waals surface area contributed by atoms with Crippen LogP contribution in [0.2, 0.25) is 10.0 Å². The van der Waals surface area contributed by atoms with E-state index >= 15 is 0 Å². The molecule has 1 fully saturated rings. The Bertz CT molecular complexity index is 1440. The zero-order valence-electron chi connectivity index (χ0n) is 17.1. The number of fused-ring (bicyclic) bond motifs is 1. The van der Waals surface area contributed by atoms with E-state index in [1.807, 2.05) is 5.38 Å². The first-order valence-electron chi connectivity index (χ1n) is 10.0. The number of piperazine rings is 1. The normalized spacial score (nSPS) is 15.3. The molecule has 4 aromatic rings. The third-order valence-corrected chi connectivity index (χ3v) is 9.09. The minimum Gasteiger partial charge on any atom is -0.353 e. The molecule has 1 saturated heterocycles. The van der Waals surface area contributed by atoms with Crippen LogP contribution in [0.4, 0.5) is 10.2 Å². The fraction of sp³-hybridized carbons (Fsp3) is 0.182. The molecule has 33 heavy (non-hydrogen) atoms. The molecule has 2 aromatic heterocycles. The number of aromatic nitrogens is 2. The molecule has 2 aromatic carbocycles. The summed E-state index contributed by atoms with van der Waals surface area (Å²) >= 11 is 13.4. The third-order valence-electron chi connectivity index (χ3n) is 5.57. The summed E-state index contributed by atoms with van der Waals surface area (Å²) in [5, 5.41) is 3.38. The van der Waals surface area contributed by atoms with Crippen molar-refractivity contribution in [2.75, 3.05) is 31.1 Å². The summed E-state index contributed by atoms with van der Waals surface area (Å²) in [7, 11) is -3.70. The number of hydrogen-bond acceptors (Lipinski definition) is 6. The number of hydrogen-bond donors (Lipinski definition) is 0. The Hall–Kier alpha value is -2.30. The Balaban J connectivity index is 1.42. The summed E-state index contributed by atoms with van der Waals surface area (Å²) < 4.78 is 41.0. The third kappa shape index (κ3) is 4.20. The van der Waals surface area contributed by atoms with Crippen LogP contribution in [-0.2, 0) is 10.0 Å². The van der Waals surface area contributed by atoms with E-state index in [0.717, 1.165) is 27.2 Å². The van der Waals surface area contributed by atoms with Crippen LogP contribution in [0.25, 0.3) is 21.3 Å². The highest BCUT2D eigenvalue weighted by Gasteiger charge is 2.30. The molecule has 0 amide bonds. The molecule has 170 valence electrons. The summed E-state index contributed by atoms with van der Waals surface area (Å²) in [5.74, 6) is 0.446. The van der Waals surface area contributed by atoms with Gasteiger partial charge in [0.05, 0.1) is 20.3 Å². The van der Waals surface area contributed by atoms with Gasteiger partial charge < -0.3 is 4.90 Å². The number of anilines is 1. The van der Waals surface area contributed by atoms with E-state index in [-0.39, 0.29) is 15.7 Å². The Labute approximate surface area is 204 Å². The minimum absolute atomic E-state index is 0.117.